The lowest BCUT2D eigenvalue weighted by molar-refractivity contribution is 0.417. The zero-order valence-electron chi connectivity index (χ0n) is 11.8. The molecule has 0 unspecified atom stereocenters. The first-order valence-electron chi connectivity index (χ1n) is 7.30. The van der Waals surface area contributed by atoms with Crippen LogP contribution >= 0.6 is 0 Å². The van der Waals surface area contributed by atoms with Crippen molar-refractivity contribution in [2.75, 3.05) is 31.1 Å². The van der Waals surface area contributed by atoms with E-state index in [4.69, 9.17) is 0 Å². The molecule has 3 rings (SSSR count). The maximum atomic E-state index is 10.2. The van der Waals surface area contributed by atoms with E-state index in [0.717, 1.165) is 62.4 Å². The molecule has 20 heavy (non-hydrogen) atoms. The van der Waals surface area contributed by atoms with E-state index in [9.17, 15) is 5.11 Å². The van der Waals surface area contributed by atoms with Gasteiger partial charge in [-0.05, 0) is 6.42 Å². The Morgan fingerprint density at radius 2 is 2.15 bits per heavy atom. The van der Waals surface area contributed by atoms with Crippen LogP contribution in [0.5, 0.6) is 5.88 Å². The molecule has 1 saturated heterocycles. The van der Waals surface area contributed by atoms with Gasteiger partial charge < -0.3 is 19.9 Å². The lowest BCUT2D eigenvalue weighted by Crippen LogP contribution is -2.44. The van der Waals surface area contributed by atoms with Crippen LogP contribution in [-0.2, 0) is 6.54 Å². The van der Waals surface area contributed by atoms with Gasteiger partial charge in [-0.25, -0.2) is 9.97 Å². The molecular weight excluding hydrogens is 254 g/mol. The molecule has 0 radical (unpaired) electrons. The number of rotatable bonds is 4. The smallest absolute Gasteiger partial charge is 0.226 e. The predicted octanol–water partition coefficient (Wildman–Crippen LogP) is 1.35. The van der Waals surface area contributed by atoms with Crippen molar-refractivity contribution in [3.05, 3.63) is 12.4 Å². The lowest BCUT2D eigenvalue weighted by atomic mass is 10.3. The Labute approximate surface area is 118 Å². The van der Waals surface area contributed by atoms with Crippen molar-refractivity contribution in [1.82, 2.24) is 19.9 Å². The first-order valence-corrected chi connectivity index (χ1v) is 7.30. The zero-order valence-corrected chi connectivity index (χ0v) is 11.8. The van der Waals surface area contributed by atoms with Crippen LogP contribution in [0.25, 0.3) is 10.9 Å². The van der Waals surface area contributed by atoms with Crippen LogP contribution in [-0.4, -0.2) is 45.8 Å². The van der Waals surface area contributed by atoms with Gasteiger partial charge in [0.05, 0.1) is 10.9 Å². The topological polar surface area (TPSA) is 66.2 Å². The number of hydrogen-bond acceptors (Lipinski definition) is 5. The van der Waals surface area contributed by atoms with Crippen molar-refractivity contribution in [3.8, 4) is 5.88 Å². The van der Waals surface area contributed by atoms with Crippen molar-refractivity contribution in [3.63, 3.8) is 0 Å². The molecule has 0 aliphatic carbocycles. The summed E-state index contributed by atoms with van der Waals surface area (Å²) in [6, 6.07) is 0. The van der Waals surface area contributed by atoms with E-state index < -0.39 is 0 Å². The number of piperazine rings is 1. The first-order chi connectivity index (χ1) is 9.79. The number of fused-ring (bicyclic) bond motifs is 1. The molecule has 3 heterocycles. The van der Waals surface area contributed by atoms with Gasteiger partial charge in [0.1, 0.15) is 0 Å². The molecule has 6 nitrogen and oxygen atoms in total. The third kappa shape index (κ3) is 2.43. The van der Waals surface area contributed by atoms with Crippen LogP contribution in [0.2, 0.25) is 0 Å². The third-order valence-electron chi connectivity index (χ3n) is 3.75. The van der Waals surface area contributed by atoms with Crippen LogP contribution in [0.1, 0.15) is 19.8 Å². The summed E-state index contributed by atoms with van der Waals surface area (Å²) in [5.74, 6) is 1.03. The maximum Gasteiger partial charge on any atom is 0.226 e. The van der Waals surface area contributed by atoms with Crippen molar-refractivity contribution >= 4 is 16.9 Å². The Bertz CT molecular complexity index is 589. The van der Waals surface area contributed by atoms with Gasteiger partial charge in [0.15, 0.2) is 0 Å². The molecule has 0 saturated carbocycles. The molecule has 1 fully saturated rings. The van der Waals surface area contributed by atoms with Crippen LogP contribution < -0.4 is 10.2 Å². The van der Waals surface area contributed by atoms with Crippen LogP contribution in [0.3, 0.4) is 0 Å². The summed E-state index contributed by atoms with van der Waals surface area (Å²) in [7, 11) is 0. The predicted molar refractivity (Wildman–Crippen MR) is 79.2 cm³/mol. The number of aromatic hydroxyl groups is 1. The molecule has 0 spiro atoms. The Morgan fingerprint density at radius 1 is 1.35 bits per heavy atom. The normalized spacial score (nSPS) is 15.9. The molecule has 1 aliphatic rings. The molecule has 0 aromatic carbocycles. The van der Waals surface area contributed by atoms with Gasteiger partial charge in [0.2, 0.25) is 11.8 Å². The quantitative estimate of drug-likeness (QED) is 0.881. The summed E-state index contributed by atoms with van der Waals surface area (Å²) in [6.07, 6.45) is 5.81. The fraction of sp³-hybridized carbons (Fsp3) is 0.571. The average molecular weight is 275 g/mol. The minimum absolute atomic E-state index is 0.278. The van der Waals surface area contributed by atoms with E-state index in [2.05, 4.69) is 27.1 Å². The Morgan fingerprint density at radius 3 is 2.90 bits per heavy atom. The third-order valence-corrected chi connectivity index (χ3v) is 3.75. The van der Waals surface area contributed by atoms with Gasteiger partial charge in [-0.3, -0.25) is 0 Å². The lowest BCUT2D eigenvalue weighted by Gasteiger charge is -2.27. The van der Waals surface area contributed by atoms with Gasteiger partial charge in [-0.1, -0.05) is 13.3 Å². The summed E-state index contributed by atoms with van der Waals surface area (Å²) in [4.78, 5) is 11.2. The highest BCUT2D eigenvalue weighted by Crippen LogP contribution is 2.27. The summed E-state index contributed by atoms with van der Waals surface area (Å²) in [5.41, 5.74) is 0.821. The second kappa shape index (κ2) is 5.66. The van der Waals surface area contributed by atoms with Gasteiger partial charge >= 0.3 is 0 Å². The number of hydrogen-bond donors (Lipinski definition) is 2. The minimum Gasteiger partial charge on any atom is -0.494 e. The average Bonchev–Trinajstić information content (AvgIpc) is 2.82. The van der Waals surface area contributed by atoms with Crippen molar-refractivity contribution < 1.29 is 5.11 Å². The van der Waals surface area contributed by atoms with E-state index in [1.165, 1.54) is 0 Å². The van der Waals surface area contributed by atoms with E-state index in [0.29, 0.717) is 0 Å². The van der Waals surface area contributed by atoms with E-state index in [-0.39, 0.29) is 5.88 Å². The number of anilines is 1. The highest BCUT2D eigenvalue weighted by Gasteiger charge is 2.16. The maximum absolute atomic E-state index is 10.2. The molecule has 2 aromatic rings. The molecular formula is C14H21N5O. The molecule has 108 valence electrons. The summed E-state index contributed by atoms with van der Waals surface area (Å²) in [5, 5.41) is 14.2. The number of unbranched alkanes of at least 4 members (excludes halogenated alkanes) is 1. The Hall–Kier alpha value is -1.82. The molecule has 2 aromatic heterocycles. The highest BCUT2D eigenvalue weighted by atomic mass is 16.3. The van der Waals surface area contributed by atoms with Gasteiger partial charge in [0, 0.05) is 45.1 Å². The van der Waals surface area contributed by atoms with Gasteiger partial charge in [-0.2, -0.15) is 0 Å². The number of nitrogens with zero attached hydrogens (tertiary/aromatic N) is 4. The molecule has 2 N–H and O–H groups in total. The van der Waals surface area contributed by atoms with Gasteiger partial charge in [0.25, 0.3) is 0 Å². The van der Waals surface area contributed by atoms with E-state index >= 15 is 0 Å². The minimum atomic E-state index is 0.278. The SMILES string of the molecule is CCCCn1cc2nc(N3CCNCC3)ncc2c1O. The van der Waals surface area contributed by atoms with Crippen LogP contribution in [0.15, 0.2) is 12.4 Å². The number of aromatic nitrogens is 3. The molecule has 1 aliphatic heterocycles. The largest absolute Gasteiger partial charge is 0.494 e. The molecule has 0 atom stereocenters. The number of nitrogens with one attached hydrogen (secondary N) is 1. The van der Waals surface area contributed by atoms with E-state index in [1.54, 1.807) is 6.20 Å². The Balaban J connectivity index is 1.90. The highest BCUT2D eigenvalue weighted by molar-refractivity contribution is 5.84. The fourth-order valence-electron chi connectivity index (χ4n) is 2.54. The summed E-state index contributed by atoms with van der Waals surface area (Å²) in [6.45, 7) is 6.74. The Kier molecular flexibility index (Phi) is 3.73. The van der Waals surface area contributed by atoms with Crippen molar-refractivity contribution in [1.29, 1.82) is 0 Å². The first kappa shape index (κ1) is 13.2. The van der Waals surface area contributed by atoms with Crippen molar-refractivity contribution in [2.24, 2.45) is 0 Å². The molecule has 0 amide bonds. The monoisotopic (exact) mass is 275 g/mol. The van der Waals surface area contributed by atoms with Crippen molar-refractivity contribution in [2.45, 2.75) is 26.3 Å². The standard InChI is InChI=1S/C14H21N5O/c1-2-3-6-19-10-12-11(13(19)20)9-16-14(17-12)18-7-4-15-5-8-18/h9-10,15,20H,2-8H2,1H3. The fourth-order valence-corrected chi connectivity index (χ4v) is 2.54. The second-order valence-electron chi connectivity index (χ2n) is 5.21. The second-order valence-corrected chi connectivity index (χ2v) is 5.21. The zero-order chi connectivity index (χ0) is 13.9. The summed E-state index contributed by atoms with van der Waals surface area (Å²) < 4.78 is 1.87. The van der Waals surface area contributed by atoms with E-state index in [1.807, 2.05) is 10.8 Å². The molecule has 0 bridgehead atoms. The molecule has 6 heteroatoms. The summed E-state index contributed by atoms with van der Waals surface area (Å²) >= 11 is 0. The number of aryl methyl sites for hydroxylation is 1. The van der Waals surface area contributed by atoms with Crippen LogP contribution in [0.4, 0.5) is 5.95 Å². The van der Waals surface area contributed by atoms with Gasteiger partial charge in [-0.15, -0.1) is 0 Å². The van der Waals surface area contributed by atoms with Crippen LogP contribution in [0, 0.1) is 0 Å².